The molecule has 0 aliphatic carbocycles. The largest absolute Gasteiger partial charge is 0.351 e. The first-order chi connectivity index (χ1) is 10.4. The molecule has 0 radical (unpaired) electrons. The molecule has 1 heterocycles. The molecule has 1 saturated heterocycles. The van der Waals surface area contributed by atoms with E-state index in [0.29, 0.717) is 17.7 Å². The first-order valence-corrected chi connectivity index (χ1v) is 7.72. The number of hydrogen-bond donors (Lipinski definition) is 2. The second kappa shape index (κ2) is 6.92. The molecule has 22 heavy (non-hydrogen) atoms. The molecule has 2 rings (SSSR count). The predicted octanol–water partition coefficient (Wildman–Crippen LogP) is 1.51. The van der Waals surface area contributed by atoms with Crippen LogP contribution in [-0.2, 0) is 0 Å². The van der Waals surface area contributed by atoms with Crippen molar-refractivity contribution >= 4 is 11.8 Å². The van der Waals surface area contributed by atoms with Crippen molar-refractivity contribution in [2.75, 3.05) is 33.7 Å². The van der Waals surface area contributed by atoms with Crippen molar-refractivity contribution in [3.8, 4) is 0 Å². The summed E-state index contributed by atoms with van der Waals surface area (Å²) in [5.74, 6) is -0.215. The minimum Gasteiger partial charge on any atom is -0.351 e. The molecule has 1 aliphatic heterocycles. The van der Waals surface area contributed by atoms with Crippen LogP contribution in [0, 0.1) is 5.41 Å². The van der Waals surface area contributed by atoms with Crippen molar-refractivity contribution < 1.29 is 9.59 Å². The molecule has 0 bridgehead atoms. The molecule has 1 aliphatic rings. The van der Waals surface area contributed by atoms with Gasteiger partial charge in [-0.1, -0.05) is 13.0 Å². The molecule has 5 heteroatoms. The molecule has 0 spiro atoms. The average Bonchev–Trinajstić information content (AvgIpc) is 2.52. The first-order valence-electron chi connectivity index (χ1n) is 7.72. The van der Waals surface area contributed by atoms with E-state index >= 15 is 0 Å². The van der Waals surface area contributed by atoms with Gasteiger partial charge in [-0.2, -0.15) is 0 Å². The van der Waals surface area contributed by atoms with Gasteiger partial charge in [0.25, 0.3) is 11.8 Å². The fraction of sp³-hybridized carbons (Fsp3) is 0.529. The number of nitrogens with zero attached hydrogens (tertiary/aromatic N) is 1. The zero-order valence-corrected chi connectivity index (χ0v) is 13.6. The summed E-state index contributed by atoms with van der Waals surface area (Å²) in [7, 11) is 3.40. The average molecular weight is 303 g/mol. The van der Waals surface area contributed by atoms with Crippen LogP contribution in [0.3, 0.4) is 0 Å². The van der Waals surface area contributed by atoms with Gasteiger partial charge in [-0.25, -0.2) is 0 Å². The maximum atomic E-state index is 12.3. The van der Waals surface area contributed by atoms with Crippen molar-refractivity contribution in [1.29, 1.82) is 0 Å². The van der Waals surface area contributed by atoms with Gasteiger partial charge >= 0.3 is 0 Å². The van der Waals surface area contributed by atoms with Gasteiger partial charge in [-0.05, 0) is 49.5 Å². The van der Waals surface area contributed by atoms with Crippen molar-refractivity contribution in [3.05, 3.63) is 35.4 Å². The van der Waals surface area contributed by atoms with Crippen molar-refractivity contribution in [1.82, 2.24) is 15.5 Å². The molecular weight excluding hydrogens is 278 g/mol. The van der Waals surface area contributed by atoms with Crippen LogP contribution < -0.4 is 10.6 Å². The Morgan fingerprint density at radius 1 is 1.23 bits per heavy atom. The van der Waals surface area contributed by atoms with Gasteiger partial charge in [-0.15, -0.1) is 0 Å². The van der Waals surface area contributed by atoms with E-state index in [1.807, 2.05) is 0 Å². The summed E-state index contributed by atoms with van der Waals surface area (Å²) in [5.41, 5.74) is 1.22. The van der Waals surface area contributed by atoms with Gasteiger partial charge < -0.3 is 15.5 Å². The van der Waals surface area contributed by atoms with E-state index in [1.165, 1.54) is 4.90 Å². The molecule has 2 N–H and O–H groups in total. The number of carbonyl (C=O) groups is 2. The zero-order valence-electron chi connectivity index (χ0n) is 13.6. The minimum atomic E-state index is -0.117. The van der Waals surface area contributed by atoms with Crippen LogP contribution in [0.15, 0.2) is 24.3 Å². The Morgan fingerprint density at radius 3 is 2.50 bits per heavy atom. The van der Waals surface area contributed by atoms with Gasteiger partial charge in [0.05, 0.1) is 0 Å². The van der Waals surface area contributed by atoms with Crippen LogP contribution in [-0.4, -0.2) is 50.4 Å². The maximum absolute atomic E-state index is 12.3. The number of hydrogen-bond acceptors (Lipinski definition) is 3. The Kier molecular flexibility index (Phi) is 5.19. The topological polar surface area (TPSA) is 61.4 Å². The molecule has 1 aromatic carbocycles. The Hall–Kier alpha value is -1.88. The van der Waals surface area contributed by atoms with Crippen molar-refractivity contribution in [3.63, 3.8) is 0 Å². The van der Waals surface area contributed by atoms with Crippen LogP contribution in [0.1, 0.15) is 40.5 Å². The Labute approximate surface area is 132 Å². The highest BCUT2D eigenvalue weighted by Gasteiger charge is 2.27. The standard InChI is InChI=1S/C17H25N3O2/c1-17(7-9-18-10-8-17)12-19-15(21)13-5-4-6-14(11-13)16(22)20(2)3/h4-6,11,18H,7-10,12H2,1-3H3,(H,19,21). The fourth-order valence-electron chi connectivity index (χ4n) is 2.65. The molecule has 1 aromatic rings. The summed E-state index contributed by atoms with van der Waals surface area (Å²) in [6, 6.07) is 6.88. The van der Waals surface area contributed by atoms with E-state index in [4.69, 9.17) is 0 Å². The quantitative estimate of drug-likeness (QED) is 0.886. The number of nitrogens with one attached hydrogen (secondary N) is 2. The number of carbonyl (C=O) groups excluding carboxylic acids is 2. The third-order valence-electron chi connectivity index (χ3n) is 4.26. The predicted molar refractivity (Wildman–Crippen MR) is 87.0 cm³/mol. The van der Waals surface area contributed by atoms with E-state index in [-0.39, 0.29) is 17.2 Å². The van der Waals surface area contributed by atoms with Gasteiger partial charge in [0.1, 0.15) is 0 Å². The summed E-state index contributed by atoms with van der Waals surface area (Å²) in [4.78, 5) is 25.8. The van der Waals surface area contributed by atoms with E-state index in [2.05, 4.69) is 17.6 Å². The third kappa shape index (κ3) is 4.07. The first kappa shape index (κ1) is 16.5. The lowest BCUT2D eigenvalue weighted by Crippen LogP contribution is -2.42. The van der Waals surface area contributed by atoms with Crippen LogP contribution in [0.5, 0.6) is 0 Å². The lowest BCUT2D eigenvalue weighted by atomic mass is 9.81. The molecule has 0 aromatic heterocycles. The summed E-state index contributed by atoms with van der Waals surface area (Å²) in [6.45, 7) is 4.87. The molecule has 5 nitrogen and oxygen atoms in total. The van der Waals surface area contributed by atoms with Crippen LogP contribution in [0.2, 0.25) is 0 Å². The third-order valence-corrected chi connectivity index (χ3v) is 4.26. The molecular formula is C17H25N3O2. The Balaban J connectivity index is 2.00. The van der Waals surface area contributed by atoms with E-state index in [1.54, 1.807) is 38.4 Å². The number of rotatable bonds is 4. The Bertz CT molecular complexity index is 549. The highest BCUT2D eigenvalue weighted by molar-refractivity contribution is 5.99. The second-order valence-electron chi connectivity index (χ2n) is 6.52. The molecule has 120 valence electrons. The van der Waals surface area contributed by atoms with E-state index in [9.17, 15) is 9.59 Å². The monoisotopic (exact) mass is 303 g/mol. The van der Waals surface area contributed by atoms with Gasteiger partial charge in [0, 0.05) is 31.8 Å². The smallest absolute Gasteiger partial charge is 0.253 e. The molecule has 2 amide bonds. The fourth-order valence-corrected chi connectivity index (χ4v) is 2.65. The number of piperidine rings is 1. The van der Waals surface area contributed by atoms with Crippen LogP contribution in [0.4, 0.5) is 0 Å². The van der Waals surface area contributed by atoms with Crippen molar-refractivity contribution in [2.24, 2.45) is 5.41 Å². The lowest BCUT2D eigenvalue weighted by molar-refractivity contribution is 0.0827. The van der Waals surface area contributed by atoms with Crippen LogP contribution >= 0.6 is 0 Å². The lowest BCUT2D eigenvalue weighted by Gasteiger charge is -2.34. The van der Waals surface area contributed by atoms with E-state index in [0.717, 1.165) is 25.9 Å². The number of amides is 2. The maximum Gasteiger partial charge on any atom is 0.253 e. The Morgan fingerprint density at radius 2 is 1.86 bits per heavy atom. The van der Waals surface area contributed by atoms with E-state index < -0.39 is 0 Å². The highest BCUT2D eigenvalue weighted by atomic mass is 16.2. The summed E-state index contributed by atoms with van der Waals surface area (Å²) < 4.78 is 0. The zero-order chi connectivity index (χ0) is 16.2. The number of benzene rings is 1. The van der Waals surface area contributed by atoms with Crippen LogP contribution in [0.25, 0.3) is 0 Å². The summed E-state index contributed by atoms with van der Waals surface area (Å²) >= 11 is 0. The SMILES string of the molecule is CN(C)C(=O)c1cccc(C(=O)NCC2(C)CCNCC2)c1. The van der Waals surface area contributed by atoms with Crippen molar-refractivity contribution in [2.45, 2.75) is 19.8 Å². The van der Waals surface area contributed by atoms with Gasteiger partial charge in [-0.3, -0.25) is 9.59 Å². The second-order valence-corrected chi connectivity index (χ2v) is 6.52. The molecule has 0 saturated carbocycles. The summed E-state index contributed by atoms with van der Waals surface area (Å²) in [6.07, 6.45) is 2.12. The van der Waals surface area contributed by atoms with Gasteiger partial charge in [0.15, 0.2) is 0 Å². The molecule has 1 fully saturated rings. The minimum absolute atomic E-state index is 0.0973. The highest BCUT2D eigenvalue weighted by Crippen LogP contribution is 2.26. The normalized spacial score (nSPS) is 16.9. The molecule has 0 atom stereocenters. The van der Waals surface area contributed by atoms with Gasteiger partial charge in [0.2, 0.25) is 0 Å². The molecule has 0 unspecified atom stereocenters. The summed E-state index contributed by atoms with van der Waals surface area (Å²) in [5, 5.41) is 6.35.